The third kappa shape index (κ3) is 6.82. The van der Waals surface area contributed by atoms with E-state index in [1.165, 1.54) is 4.90 Å². The molecule has 0 aliphatic rings. The van der Waals surface area contributed by atoms with Gasteiger partial charge in [-0.1, -0.05) is 29.3 Å². The molecule has 2 aromatic carbocycles. The van der Waals surface area contributed by atoms with Crippen LogP contribution < -0.4 is 14.8 Å². The molecule has 0 fully saturated rings. The van der Waals surface area contributed by atoms with Crippen molar-refractivity contribution in [2.45, 2.75) is 32.4 Å². The number of halogens is 2. The van der Waals surface area contributed by atoms with Gasteiger partial charge in [0.05, 0.1) is 23.8 Å². The number of carbonyl (C=O) groups excluding carboxylic acids is 2. The van der Waals surface area contributed by atoms with Crippen molar-refractivity contribution >= 4 is 35.0 Å². The lowest BCUT2D eigenvalue weighted by molar-refractivity contribution is -0.140. The lowest BCUT2D eigenvalue weighted by Gasteiger charge is -2.28. The second kappa shape index (κ2) is 11.7. The standard InChI is InChI=1S/C22H26Cl2N2O4/c1-15(22(28)25-2)26(14-16-6-11-19(23)20(24)13-16)21(27)5-4-12-30-18-9-7-17(29-3)8-10-18/h6-11,13,15H,4-5,12,14H2,1-3H3,(H,25,28). The molecule has 2 rings (SSSR count). The third-order valence-corrected chi connectivity index (χ3v) is 5.35. The van der Waals surface area contributed by atoms with Crippen molar-refractivity contribution in [1.29, 1.82) is 0 Å². The average molecular weight is 453 g/mol. The van der Waals surface area contributed by atoms with E-state index in [2.05, 4.69) is 5.32 Å². The third-order valence-electron chi connectivity index (χ3n) is 4.61. The van der Waals surface area contributed by atoms with E-state index in [4.69, 9.17) is 32.7 Å². The van der Waals surface area contributed by atoms with Gasteiger partial charge >= 0.3 is 0 Å². The number of methoxy groups -OCH3 is 1. The summed E-state index contributed by atoms with van der Waals surface area (Å²) in [6.45, 7) is 2.33. The Morgan fingerprint density at radius 2 is 1.73 bits per heavy atom. The highest BCUT2D eigenvalue weighted by Crippen LogP contribution is 2.24. The van der Waals surface area contributed by atoms with Crippen molar-refractivity contribution < 1.29 is 19.1 Å². The predicted molar refractivity (Wildman–Crippen MR) is 118 cm³/mol. The Balaban J connectivity index is 1.97. The van der Waals surface area contributed by atoms with Crippen LogP contribution in [0.3, 0.4) is 0 Å². The van der Waals surface area contributed by atoms with Gasteiger partial charge in [0.25, 0.3) is 0 Å². The second-order valence-corrected chi connectivity index (χ2v) is 7.50. The van der Waals surface area contributed by atoms with Gasteiger partial charge in [-0.2, -0.15) is 0 Å². The van der Waals surface area contributed by atoms with E-state index in [-0.39, 0.29) is 24.8 Å². The van der Waals surface area contributed by atoms with Gasteiger partial charge in [0.1, 0.15) is 17.5 Å². The number of amides is 2. The van der Waals surface area contributed by atoms with E-state index >= 15 is 0 Å². The monoisotopic (exact) mass is 452 g/mol. The maximum absolute atomic E-state index is 12.9. The minimum Gasteiger partial charge on any atom is -0.497 e. The van der Waals surface area contributed by atoms with E-state index in [1.54, 1.807) is 39.3 Å². The fourth-order valence-corrected chi connectivity index (χ4v) is 3.18. The first kappa shape index (κ1) is 23.8. The summed E-state index contributed by atoms with van der Waals surface area (Å²) in [7, 11) is 3.15. The number of hydrogen-bond acceptors (Lipinski definition) is 4. The molecule has 0 aliphatic heterocycles. The van der Waals surface area contributed by atoms with E-state index in [1.807, 2.05) is 24.3 Å². The first-order valence-corrected chi connectivity index (χ1v) is 10.3. The Bertz CT molecular complexity index is 859. The molecule has 0 bridgehead atoms. The van der Waals surface area contributed by atoms with E-state index < -0.39 is 6.04 Å². The van der Waals surface area contributed by atoms with Gasteiger partial charge in [-0.15, -0.1) is 0 Å². The summed E-state index contributed by atoms with van der Waals surface area (Å²) in [6.07, 6.45) is 0.766. The molecule has 0 spiro atoms. The van der Waals surface area contributed by atoms with Crippen LogP contribution in [0.5, 0.6) is 11.5 Å². The van der Waals surface area contributed by atoms with Crippen LogP contribution in [-0.2, 0) is 16.1 Å². The number of ether oxygens (including phenoxy) is 2. The van der Waals surface area contributed by atoms with E-state index in [0.29, 0.717) is 28.8 Å². The molecule has 1 unspecified atom stereocenters. The Morgan fingerprint density at radius 1 is 1.07 bits per heavy atom. The van der Waals surface area contributed by atoms with Crippen LogP contribution in [0.1, 0.15) is 25.3 Å². The van der Waals surface area contributed by atoms with Crippen LogP contribution in [0, 0.1) is 0 Å². The Kier molecular flexibility index (Phi) is 9.27. The van der Waals surface area contributed by atoms with Crippen molar-refractivity contribution in [3.8, 4) is 11.5 Å². The highest BCUT2D eigenvalue weighted by Gasteiger charge is 2.25. The molecule has 0 saturated carbocycles. The van der Waals surface area contributed by atoms with Gasteiger partial charge in [0.2, 0.25) is 11.8 Å². The average Bonchev–Trinajstić information content (AvgIpc) is 2.76. The summed E-state index contributed by atoms with van der Waals surface area (Å²) in [5.41, 5.74) is 0.794. The van der Waals surface area contributed by atoms with Crippen molar-refractivity contribution in [3.05, 3.63) is 58.1 Å². The Hall–Kier alpha value is -2.44. The SMILES string of the molecule is CNC(=O)C(C)N(Cc1ccc(Cl)c(Cl)c1)C(=O)CCCOc1ccc(OC)cc1. The normalized spacial score (nSPS) is 11.5. The van der Waals surface area contributed by atoms with E-state index in [9.17, 15) is 9.59 Å². The molecule has 0 saturated heterocycles. The number of nitrogens with one attached hydrogen (secondary N) is 1. The van der Waals surface area contributed by atoms with Crippen LogP contribution >= 0.6 is 23.2 Å². The number of likely N-dealkylation sites (N-methyl/N-ethyl adjacent to an activating group) is 1. The summed E-state index contributed by atoms with van der Waals surface area (Å²) >= 11 is 12.1. The summed E-state index contributed by atoms with van der Waals surface area (Å²) < 4.78 is 10.8. The minimum absolute atomic E-state index is 0.143. The zero-order valence-electron chi connectivity index (χ0n) is 17.3. The summed E-state index contributed by atoms with van der Waals surface area (Å²) in [5, 5.41) is 3.43. The fourth-order valence-electron chi connectivity index (χ4n) is 2.86. The second-order valence-electron chi connectivity index (χ2n) is 6.69. The van der Waals surface area contributed by atoms with Crippen LogP contribution in [0.4, 0.5) is 0 Å². The molecule has 2 aromatic rings. The largest absolute Gasteiger partial charge is 0.497 e. The van der Waals surface area contributed by atoms with Gasteiger partial charge in [0, 0.05) is 20.0 Å². The van der Waals surface area contributed by atoms with Crippen LogP contribution in [0.25, 0.3) is 0 Å². The fraction of sp³-hybridized carbons (Fsp3) is 0.364. The van der Waals surface area contributed by atoms with Crippen LogP contribution in [0.2, 0.25) is 10.0 Å². The predicted octanol–water partition coefficient (Wildman–Crippen LogP) is 4.32. The lowest BCUT2D eigenvalue weighted by Crippen LogP contribution is -2.46. The summed E-state index contributed by atoms with van der Waals surface area (Å²) in [6, 6.07) is 11.8. The topological polar surface area (TPSA) is 67.9 Å². The molecular weight excluding hydrogens is 427 g/mol. The Morgan fingerprint density at radius 3 is 2.33 bits per heavy atom. The number of carbonyl (C=O) groups is 2. The van der Waals surface area contributed by atoms with Gasteiger partial charge in [-0.05, 0) is 55.3 Å². The quantitative estimate of drug-likeness (QED) is 0.544. The molecular formula is C22H26Cl2N2O4. The Labute approximate surface area is 187 Å². The van der Waals surface area contributed by atoms with Crippen molar-refractivity contribution in [2.75, 3.05) is 20.8 Å². The molecule has 162 valence electrons. The maximum Gasteiger partial charge on any atom is 0.242 e. The summed E-state index contributed by atoms with van der Waals surface area (Å²) in [4.78, 5) is 26.6. The zero-order chi connectivity index (χ0) is 22.1. The molecule has 2 amide bonds. The lowest BCUT2D eigenvalue weighted by atomic mass is 10.1. The highest BCUT2D eigenvalue weighted by atomic mass is 35.5. The first-order chi connectivity index (χ1) is 14.3. The highest BCUT2D eigenvalue weighted by molar-refractivity contribution is 6.42. The van der Waals surface area contributed by atoms with Gasteiger partial charge in [-0.25, -0.2) is 0 Å². The summed E-state index contributed by atoms with van der Waals surface area (Å²) in [5.74, 6) is 1.07. The van der Waals surface area contributed by atoms with Crippen molar-refractivity contribution in [2.24, 2.45) is 0 Å². The molecule has 0 aromatic heterocycles. The number of nitrogens with zero attached hydrogens (tertiary/aromatic N) is 1. The molecule has 6 nitrogen and oxygen atoms in total. The van der Waals surface area contributed by atoms with Gasteiger partial charge < -0.3 is 19.7 Å². The first-order valence-electron chi connectivity index (χ1n) is 9.57. The van der Waals surface area contributed by atoms with Crippen LogP contribution in [0.15, 0.2) is 42.5 Å². The molecule has 0 aliphatic carbocycles. The number of rotatable bonds is 10. The maximum atomic E-state index is 12.9. The molecule has 1 N–H and O–H groups in total. The smallest absolute Gasteiger partial charge is 0.242 e. The molecule has 1 atom stereocenters. The van der Waals surface area contributed by atoms with Gasteiger partial charge in [0.15, 0.2) is 0 Å². The van der Waals surface area contributed by atoms with Crippen LogP contribution in [-0.4, -0.2) is 43.5 Å². The van der Waals surface area contributed by atoms with Crippen molar-refractivity contribution in [1.82, 2.24) is 10.2 Å². The zero-order valence-corrected chi connectivity index (χ0v) is 18.8. The van der Waals surface area contributed by atoms with E-state index in [0.717, 1.165) is 11.3 Å². The molecule has 8 heteroatoms. The molecule has 30 heavy (non-hydrogen) atoms. The number of hydrogen-bond donors (Lipinski definition) is 1. The minimum atomic E-state index is -0.625. The van der Waals surface area contributed by atoms with Gasteiger partial charge in [-0.3, -0.25) is 9.59 Å². The molecule has 0 heterocycles. The van der Waals surface area contributed by atoms with Crippen molar-refractivity contribution in [3.63, 3.8) is 0 Å². The molecule has 0 radical (unpaired) electrons. The number of benzene rings is 2.